The highest BCUT2D eigenvalue weighted by Gasteiger charge is 2.51. The first kappa shape index (κ1) is 13.8. The molecule has 1 saturated carbocycles. The van der Waals surface area contributed by atoms with Crippen molar-refractivity contribution >= 4 is 11.7 Å². The molecule has 19 heavy (non-hydrogen) atoms. The monoisotopic (exact) mass is 259 g/mol. The summed E-state index contributed by atoms with van der Waals surface area (Å²) < 4.78 is 0. The van der Waals surface area contributed by atoms with E-state index in [-0.39, 0.29) is 23.7 Å². The Kier molecular flexibility index (Phi) is 3.48. The second kappa shape index (κ2) is 4.80. The fourth-order valence-electron chi connectivity index (χ4n) is 2.12. The molecule has 0 spiro atoms. The highest BCUT2D eigenvalue weighted by Crippen LogP contribution is 2.48. The zero-order valence-electron chi connectivity index (χ0n) is 11.8. The molecule has 0 aliphatic heterocycles. The van der Waals surface area contributed by atoms with Gasteiger partial charge in [0.15, 0.2) is 5.78 Å². The van der Waals surface area contributed by atoms with Gasteiger partial charge in [0, 0.05) is 5.41 Å². The van der Waals surface area contributed by atoms with Gasteiger partial charge in [-0.05, 0) is 18.4 Å². The lowest BCUT2D eigenvalue weighted by atomic mass is 9.90. The zero-order valence-corrected chi connectivity index (χ0v) is 11.8. The van der Waals surface area contributed by atoms with E-state index >= 15 is 0 Å². The van der Waals surface area contributed by atoms with Crippen LogP contribution in [-0.4, -0.2) is 18.2 Å². The molecule has 0 atom stereocenters. The van der Waals surface area contributed by atoms with Gasteiger partial charge in [-0.1, -0.05) is 51.1 Å². The summed E-state index contributed by atoms with van der Waals surface area (Å²) in [7, 11) is 0. The predicted molar refractivity (Wildman–Crippen MR) is 74.8 cm³/mol. The summed E-state index contributed by atoms with van der Waals surface area (Å²) in [6, 6.07) is 9.81. The van der Waals surface area contributed by atoms with E-state index in [9.17, 15) is 9.59 Å². The molecule has 1 aliphatic rings. The van der Waals surface area contributed by atoms with Crippen molar-refractivity contribution in [3.05, 3.63) is 35.9 Å². The van der Waals surface area contributed by atoms with Gasteiger partial charge in [0.05, 0.1) is 12.0 Å². The number of benzene rings is 1. The van der Waals surface area contributed by atoms with E-state index in [2.05, 4.69) is 5.32 Å². The van der Waals surface area contributed by atoms with Crippen molar-refractivity contribution in [2.45, 2.75) is 39.0 Å². The minimum atomic E-state index is -0.406. The predicted octanol–water partition coefficient (Wildman–Crippen LogP) is 2.45. The van der Waals surface area contributed by atoms with Gasteiger partial charge in [-0.25, -0.2) is 0 Å². The van der Waals surface area contributed by atoms with Gasteiger partial charge in [-0.3, -0.25) is 9.59 Å². The summed E-state index contributed by atoms with van der Waals surface area (Å²) in [5, 5.41) is 2.80. The first-order valence-electron chi connectivity index (χ1n) is 6.73. The van der Waals surface area contributed by atoms with E-state index in [1.165, 1.54) is 0 Å². The molecule has 1 aromatic rings. The number of Topliss-reactive ketones (excluding diaryl/α,β-unsaturated/α-hetero) is 1. The van der Waals surface area contributed by atoms with Crippen LogP contribution >= 0.6 is 0 Å². The molecule has 0 saturated heterocycles. The molecule has 1 aliphatic carbocycles. The van der Waals surface area contributed by atoms with Gasteiger partial charge >= 0.3 is 0 Å². The molecule has 1 amide bonds. The van der Waals surface area contributed by atoms with Crippen LogP contribution in [0.5, 0.6) is 0 Å². The Balaban J connectivity index is 2.00. The van der Waals surface area contributed by atoms with Crippen molar-refractivity contribution in [3.8, 4) is 0 Å². The molecule has 1 N–H and O–H groups in total. The highest BCUT2D eigenvalue weighted by atomic mass is 16.2. The van der Waals surface area contributed by atoms with Gasteiger partial charge in [-0.15, -0.1) is 0 Å². The SMILES string of the molecule is CC(C)(C)C(=O)CNC(=O)C1(c2ccccc2)CC1. The number of carbonyl (C=O) groups is 2. The molecule has 0 aromatic heterocycles. The van der Waals surface area contributed by atoms with Crippen molar-refractivity contribution in [3.63, 3.8) is 0 Å². The lowest BCUT2D eigenvalue weighted by Crippen LogP contribution is -2.40. The Morgan fingerprint density at radius 3 is 2.21 bits per heavy atom. The average Bonchev–Trinajstić information content (AvgIpc) is 3.17. The molecule has 1 fully saturated rings. The molecule has 3 heteroatoms. The van der Waals surface area contributed by atoms with E-state index in [0.29, 0.717) is 0 Å². The first-order valence-corrected chi connectivity index (χ1v) is 6.73. The number of rotatable bonds is 4. The third-order valence-electron chi connectivity index (χ3n) is 3.76. The lowest BCUT2D eigenvalue weighted by molar-refractivity contribution is -0.130. The Labute approximate surface area is 114 Å². The van der Waals surface area contributed by atoms with Crippen molar-refractivity contribution in [1.82, 2.24) is 5.32 Å². The summed E-state index contributed by atoms with van der Waals surface area (Å²) >= 11 is 0. The number of hydrogen-bond donors (Lipinski definition) is 1. The molecule has 1 aromatic carbocycles. The maximum absolute atomic E-state index is 12.3. The fourth-order valence-corrected chi connectivity index (χ4v) is 2.12. The van der Waals surface area contributed by atoms with E-state index in [1.807, 2.05) is 51.1 Å². The Hall–Kier alpha value is -1.64. The smallest absolute Gasteiger partial charge is 0.231 e. The summed E-state index contributed by atoms with van der Waals surface area (Å²) in [6.45, 7) is 5.72. The number of hydrogen-bond acceptors (Lipinski definition) is 2. The summed E-state index contributed by atoms with van der Waals surface area (Å²) in [6.07, 6.45) is 1.74. The van der Waals surface area contributed by atoms with Crippen LogP contribution in [0.3, 0.4) is 0 Å². The van der Waals surface area contributed by atoms with Crippen LogP contribution in [0.15, 0.2) is 30.3 Å². The van der Waals surface area contributed by atoms with Gasteiger partial charge in [0.25, 0.3) is 0 Å². The number of nitrogens with one attached hydrogen (secondary N) is 1. The lowest BCUT2D eigenvalue weighted by Gasteiger charge is -2.19. The quantitative estimate of drug-likeness (QED) is 0.902. The van der Waals surface area contributed by atoms with Crippen LogP contribution in [0.1, 0.15) is 39.2 Å². The molecule has 0 bridgehead atoms. The molecular weight excluding hydrogens is 238 g/mol. The van der Waals surface area contributed by atoms with Crippen LogP contribution in [0.25, 0.3) is 0 Å². The van der Waals surface area contributed by atoms with Gasteiger partial charge in [0.2, 0.25) is 5.91 Å². The highest BCUT2D eigenvalue weighted by molar-refractivity contribution is 5.95. The largest absolute Gasteiger partial charge is 0.348 e. The molecular formula is C16H21NO2. The van der Waals surface area contributed by atoms with Crippen LogP contribution in [0.4, 0.5) is 0 Å². The van der Waals surface area contributed by atoms with E-state index < -0.39 is 5.41 Å². The molecule has 0 unspecified atom stereocenters. The zero-order chi connectivity index (χ0) is 14.1. The molecule has 0 radical (unpaired) electrons. The number of carbonyl (C=O) groups excluding carboxylic acids is 2. The second-order valence-corrected chi connectivity index (χ2v) is 6.30. The first-order chi connectivity index (χ1) is 8.86. The third kappa shape index (κ3) is 2.86. The Morgan fingerprint density at radius 1 is 1.16 bits per heavy atom. The summed E-state index contributed by atoms with van der Waals surface area (Å²) in [4.78, 5) is 24.1. The van der Waals surface area contributed by atoms with E-state index in [1.54, 1.807) is 0 Å². The van der Waals surface area contributed by atoms with Crippen molar-refractivity contribution in [2.75, 3.05) is 6.54 Å². The van der Waals surface area contributed by atoms with E-state index in [4.69, 9.17) is 0 Å². The minimum Gasteiger partial charge on any atom is -0.348 e. The standard InChI is InChI=1S/C16H21NO2/c1-15(2,3)13(18)11-17-14(19)16(9-10-16)12-7-5-4-6-8-12/h4-8H,9-11H2,1-3H3,(H,17,19). The van der Waals surface area contributed by atoms with Crippen LogP contribution in [0.2, 0.25) is 0 Å². The molecule has 102 valence electrons. The van der Waals surface area contributed by atoms with Crippen molar-refractivity contribution < 1.29 is 9.59 Å². The van der Waals surface area contributed by atoms with Gasteiger partial charge in [-0.2, -0.15) is 0 Å². The topological polar surface area (TPSA) is 46.2 Å². The van der Waals surface area contributed by atoms with Crippen LogP contribution < -0.4 is 5.32 Å². The van der Waals surface area contributed by atoms with Gasteiger partial charge < -0.3 is 5.32 Å². The normalized spacial score (nSPS) is 16.8. The Morgan fingerprint density at radius 2 is 1.74 bits per heavy atom. The average molecular weight is 259 g/mol. The summed E-state index contributed by atoms with van der Waals surface area (Å²) in [5.41, 5.74) is 0.256. The molecule has 2 rings (SSSR count). The van der Waals surface area contributed by atoms with Crippen LogP contribution in [0, 0.1) is 5.41 Å². The van der Waals surface area contributed by atoms with Crippen molar-refractivity contribution in [1.29, 1.82) is 0 Å². The summed E-state index contributed by atoms with van der Waals surface area (Å²) in [5.74, 6) is 0.0426. The van der Waals surface area contributed by atoms with Crippen LogP contribution in [-0.2, 0) is 15.0 Å². The maximum atomic E-state index is 12.3. The maximum Gasteiger partial charge on any atom is 0.231 e. The number of amides is 1. The second-order valence-electron chi connectivity index (χ2n) is 6.30. The fraction of sp³-hybridized carbons (Fsp3) is 0.500. The number of ketones is 1. The Bertz CT molecular complexity index is 481. The molecule has 3 nitrogen and oxygen atoms in total. The third-order valence-corrected chi connectivity index (χ3v) is 3.76. The van der Waals surface area contributed by atoms with E-state index in [0.717, 1.165) is 18.4 Å². The minimum absolute atomic E-state index is 0.0173. The molecule has 0 heterocycles. The van der Waals surface area contributed by atoms with Gasteiger partial charge in [0.1, 0.15) is 0 Å². The van der Waals surface area contributed by atoms with Crippen molar-refractivity contribution in [2.24, 2.45) is 5.41 Å².